The van der Waals surface area contributed by atoms with Gasteiger partial charge in [-0.3, -0.25) is 4.79 Å². The third-order valence-corrected chi connectivity index (χ3v) is 4.10. The first-order chi connectivity index (χ1) is 11.5. The fourth-order valence-corrected chi connectivity index (χ4v) is 3.07. The second kappa shape index (κ2) is 6.67. The van der Waals surface area contributed by atoms with Gasteiger partial charge in [0.15, 0.2) is 0 Å². The molecule has 0 saturated carbocycles. The van der Waals surface area contributed by atoms with Crippen LogP contribution in [0, 0.1) is 0 Å². The number of hydrogen-bond acceptors (Lipinski definition) is 3. The average molecular weight is 361 g/mol. The predicted molar refractivity (Wildman–Crippen MR) is 98.0 cm³/mol. The van der Waals surface area contributed by atoms with Gasteiger partial charge < -0.3 is 4.74 Å². The lowest BCUT2D eigenvalue weighted by atomic mass is 10.1. The first-order valence-electron chi connectivity index (χ1n) is 7.21. The monoisotopic (exact) mass is 360 g/mol. The molecular weight excluding hydrogens is 347 g/mol. The Balaban J connectivity index is 2.04. The number of anilines is 1. The molecule has 24 heavy (non-hydrogen) atoms. The van der Waals surface area contributed by atoms with Crippen molar-refractivity contribution in [2.75, 3.05) is 12.1 Å². The second-order valence-corrected chi connectivity index (χ2v) is 6.05. The minimum Gasteiger partial charge on any atom is -0.495 e. The van der Waals surface area contributed by atoms with E-state index < -0.39 is 0 Å². The zero-order chi connectivity index (χ0) is 17.3. The summed E-state index contributed by atoms with van der Waals surface area (Å²) >= 11 is 12.2. The SMILES string of the molecule is COc1c(Cl)cc(Cl)cc1/C=C1\C(=O)N(c2ccccc2)N=C1C. The van der Waals surface area contributed by atoms with Gasteiger partial charge in [0.1, 0.15) is 5.75 Å². The minimum absolute atomic E-state index is 0.211. The summed E-state index contributed by atoms with van der Waals surface area (Å²) in [5.74, 6) is 0.254. The molecule has 2 aromatic carbocycles. The lowest BCUT2D eigenvalue weighted by Gasteiger charge is -2.11. The minimum atomic E-state index is -0.211. The highest BCUT2D eigenvalue weighted by Crippen LogP contribution is 2.34. The molecule has 2 aromatic rings. The Kier molecular flexibility index (Phi) is 4.60. The van der Waals surface area contributed by atoms with E-state index in [9.17, 15) is 4.79 Å². The van der Waals surface area contributed by atoms with Gasteiger partial charge in [0.05, 0.1) is 29.1 Å². The van der Waals surface area contributed by atoms with E-state index in [1.807, 2.05) is 30.3 Å². The number of rotatable bonds is 3. The summed E-state index contributed by atoms with van der Waals surface area (Å²) in [5.41, 5.74) is 2.42. The maximum Gasteiger partial charge on any atom is 0.280 e. The van der Waals surface area contributed by atoms with E-state index >= 15 is 0 Å². The average Bonchev–Trinajstić information content (AvgIpc) is 2.83. The number of nitrogens with zero attached hydrogens (tertiary/aromatic N) is 2. The van der Waals surface area contributed by atoms with Crippen molar-refractivity contribution < 1.29 is 9.53 Å². The quantitative estimate of drug-likeness (QED) is 0.737. The van der Waals surface area contributed by atoms with Gasteiger partial charge in [0.25, 0.3) is 5.91 Å². The van der Waals surface area contributed by atoms with Crippen LogP contribution in [0.4, 0.5) is 5.69 Å². The molecule has 3 rings (SSSR count). The summed E-state index contributed by atoms with van der Waals surface area (Å²) in [5, 5.41) is 6.57. The molecule has 1 amide bonds. The molecule has 0 saturated heterocycles. The molecule has 4 nitrogen and oxygen atoms in total. The lowest BCUT2D eigenvalue weighted by molar-refractivity contribution is -0.114. The molecule has 1 heterocycles. The summed E-state index contributed by atoms with van der Waals surface area (Å²) in [4.78, 5) is 12.7. The Labute approximate surface area is 149 Å². The van der Waals surface area contributed by atoms with Crippen molar-refractivity contribution in [2.45, 2.75) is 6.92 Å². The van der Waals surface area contributed by atoms with Crippen molar-refractivity contribution in [1.29, 1.82) is 0 Å². The standard InChI is InChI=1S/C18H14Cl2N2O2/c1-11-15(9-12-8-13(19)10-16(20)17(12)24-2)18(23)22(21-11)14-6-4-3-5-7-14/h3-10H,1-2H3/b15-9-. The smallest absolute Gasteiger partial charge is 0.280 e. The number of ether oxygens (including phenoxy) is 1. The normalized spacial score (nSPS) is 15.8. The van der Waals surface area contributed by atoms with Gasteiger partial charge in [0, 0.05) is 10.6 Å². The van der Waals surface area contributed by atoms with Crippen molar-refractivity contribution in [3.8, 4) is 5.75 Å². The van der Waals surface area contributed by atoms with E-state index in [0.717, 1.165) is 0 Å². The summed E-state index contributed by atoms with van der Waals surface area (Å²) in [7, 11) is 1.52. The maximum atomic E-state index is 12.7. The lowest BCUT2D eigenvalue weighted by Crippen LogP contribution is -2.21. The number of hydrogen-bond donors (Lipinski definition) is 0. The van der Waals surface area contributed by atoms with E-state index in [1.54, 1.807) is 25.1 Å². The number of para-hydroxylation sites is 1. The molecule has 0 spiro atoms. The highest BCUT2D eigenvalue weighted by molar-refractivity contribution is 6.36. The maximum absolute atomic E-state index is 12.7. The van der Waals surface area contributed by atoms with Crippen molar-refractivity contribution in [2.24, 2.45) is 5.10 Å². The van der Waals surface area contributed by atoms with Gasteiger partial charge in [-0.1, -0.05) is 41.4 Å². The molecule has 0 bridgehead atoms. The summed E-state index contributed by atoms with van der Waals surface area (Å²) in [6.07, 6.45) is 1.70. The number of benzene rings is 2. The summed E-state index contributed by atoms with van der Waals surface area (Å²) < 4.78 is 5.32. The van der Waals surface area contributed by atoms with Crippen LogP contribution in [-0.2, 0) is 4.79 Å². The third-order valence-electron chi connectivity index (χ3n) is 3.60. The van der Waals surface area contributed by atoms with E-state index in [2.05, 4.69) is 5.10 Å². The Morgan fingerprint density at radius 3 is 2.54 bits per heavy atom. The number of carbonyl (C=O) groups excluding carboxylic acids is 1. The van der Waals surface area contributed by atoms with Crippen LogP contribution in [0.3, 0.4) is 0 Å². The van der Waals surface area contributed by atoms with Crippen molar-refractivity contribution in [3.63, 3.8) is 0 Å². The Morgan fingerprint density at radius 1 is 1.17 bits per heavy atom. The van der Waals surface area contributed by atoms with Gasteiger partial charge in [0.2, 0.25) is 0 Å². The molecular formula is C18H14Cl2N2O2. The second-order valence-electron chi connectivity index (χ2n) is 5.21. The molecule has 0 atom stereocenters. The van der Waals surface area contributed by atoms with Gasteiger partial charge >= 0.3 is 0 Å². The van der Waals surface area contributed by atoms with Gasteiger partial charge in [-0.05, 0) is 37.3 Å². The number of methoxy groups -OCH3 is 1. The highest BCUT2D eigenvalue weighted by Gasteiger charge is 2.29. The summed E-state index contributed by atoms with van der Waals surface area (Å²) in [6, 6.07) is 12.5. The van der Waals surface area contributed by atoms with E-state index in [4.69, 9.17) is 27.9 Å². The first-order valence-corrected chi connectivity index (χ1v) is 7.96. The molecule has 1 aliphatic rings. The molecule has 0 unspecified atom stereocenters. The number of halogens is 2. The fourth-order valence-electron chi connectivity index (χ4n) is 2.49. The molecule has 0 radical (unpaired) electrons. The van der Waals surface area contributed by atoms with Crippen LogP contribution in [-0.4, -0.2) is 18.7 Å². The zero-order valence-electron chi connectivity index (χ0n) is 13.1. The van der Waals surface area contributed by atoms with Crippen LogP contribution in [0.5, 0.6) is 5.75 Å². The molecule has 6 heteroatoms. The third kappa shape index (κ3) is 3.03. The fraction of sp³-hybridized carbons (Fsp3) is 0.111. The highest BCUT2D eigenvalue weighted by atomic mass is 35.5. The van der Waals surface area contributed by atoms with Crippen LogP contribution in [0.2, 0.25) is 10.0 Å². The predicted octanol–water partition coefficient (Wildman–Crippen LogP) is 4.81. The van der Waals surface area contributed by atoms with E-state index in [0.29, 0.717) is 38.3 Å². The van der Waals surface area contributed by atoms with Gasteiger partial charge in [-0.2, -0.15) is 10.1 Å². The largest absolute Gasteiger partial charge is 0.495 e. The van der Waals surface area contributed by atoms with E-state index in [-0.39, 0.29) is 5.91 Å². The van der Waals surface area contributed by atoms with Gasteiger partial charge in [-0.15, -0.1) is 0 Å². The first kappa shape index (κ1) is 16.6. The van der Waals surface area contributed by atoms with Crippen LogP contribution in [0.1, 0.15) is 12.5 Å². The topological polar surface area (TPSA) is 41.9 Å². The van der Waals surface area contributed by atoms with Crippen molar-refractivity contribution in [1.82, 2.24) is 0 Å². The number of hydrazone groups is 1. The van der Waals surface area contributed by atoms with Crippen LogP contribution in [0.25, 0.3) is 6.08 Å². The molecule has 122 valence electrons. The Hall–Kier alpha value is -2.30. The molecule has 0 N–H and O–H groups in total. The summed E-state index contributed by atoms with van der Waals surface area (Å²) in [6.45, 7) is 1.78. The van der Waals surface area contributed by atoms with E-state index in [1.165, 1.54) is 12.1 Å². The van der Waals surface area contributed by atoms with Gasteiger partial charge in [-0.25, -0.2) is 0 Å². The molecule has 0 fully saturated rings. The van der Waals surface area contributed by atoms with Crippen LogP contribution in [0.15, 0.2) is 53.1 Å². The van der Waals surface area contributed by atoms with Crippen molar-refractivity contribution >= 4 is 46.6 Å². The molecule has 0 aromatic heterocycles. The number of amides is 1. The van der Waals surface area contributed by atoms with Crippen molar-refractivity contribution in [3.05, 3.63) is 63.6 Å². The molecule has 0 aliphatic carbocycles. The Bertz CT molecular complexity index is 861. The Morgan fingerprint density at radius 2 is 1.88 bits per heavy atom. The molecule has 1 aliphatic heterocycles. The zero-order valence-corrected chi connectivity index (χ0v) is 14.6. The van der Waals surface area contributed by atoms with Crippen LogP contribution >= 0.6 is 23.2 Å². The number of carbonyl (C=O) groups is 1. The van der Waals surface area contributed by atoms with Crippen LogP contribution < -0.4 is 9.75 Å².